The molecule has 6 rings (SSSR count). The van der Waals surface area contributed by atoms with E-state index in [0.717, 1.165) is 18.7 Å². The fourth-order valence-corrected chi connectivity index (χ4v) is 6.58. The van der Waals surface area contributed by atoms with Gasteiger partial charge in [0.25, 0.3) is 0 Å². The molecule has 6 aromatic rings. The molecule has 0 unspecified atom stereocenters. The van der Waals surface area contributed by atoms with Crippen LogP contribution >= 0.6 is 22.7 Å². The predicted molar refractivity (Wildman–Crippen MR) is 165 cm³/mol. The van der Waals surface area contributed by atoms with E-state index in [0.29, 0.717) is 0 Å². The fourth-order valence-electron chi connectivity index (χ4n) is 4.47. The third-order valence-electron chi connectivity index (χ3n) is 6.59. The monoisotopic (exact) mass is 659 g/mol. The molecule has 0 aliphatic heterocycles. The van der Waals surface area contributed by atoms with Gasteiger partial charge in [0.1, 0.15) is 0 Å². The molecular weight excluding hydrogens is 630 g/mol. The first-order valence-electron chi connectivity index (χ1n) is 12.7. The lowest BCUT2D eigenvalue weighted by atomic mass is 10.1. The summed E-state index contributed by atoms with van der Waals surface area (Å²) in [6.45, 7) is 5.57. The molecule has 0 aliphatic carbocycles. The highest BCUT2D eigenvalue weighted by Crippen LogP contribution is 2.40. The van der Waals surface area contributed by atoms with Gasteiger partial charge in [0.2, 0.25) is 0 Å². The maximum absolute atomic E-state index is 3.83. The second-order valence-electron chi connectivity index (χ2n) is 9.28. The number of pyridine rings is 2. The number of aromatic nitrogens is 2. The van der Waals surface area contributed by atoms with Crippen molar-refractivity contribution in [3.63, 3.8) is 0 Å². The van der Waals surface area contributed by atoms with Gasteiger partial charge in [-0.1, -0.05) is 67.3 Å². The Hall–Kier alpha value is -3.39. The number of hydrogen-bond acceptors (Lipinski definition) is 3. The summed E-state index contributed by atoms with van der Waals surface area (Å²) in [5.41, 5.74) is 6.25. The zero-order chi connectivity index (χ0) is 25.7. The third-order valence-corrected chi connectivity index (χ3v) is 9.06. The Bertz CT molecular complexity index is 1660. The van der Waals surface area contributed by atoms with E-state index in [4.69, 9.17) is 0 Å². The molecule has 0 radical (unpaired) electrons. The molecule has 0 saturated heterocycles. The van der Waals surface area contributed by atoms with Crippen LogP contribution in [-0.4, -0.2) is 0 Å². The Morgan fingerprint density at radius 3 is 1.39 bits per heavy atom. The topological polar surface area (TPSA) is 42.8 Å². The molecule has 0 fully saturated rings. The maximum atomic E-state index is 3.83. The minimum atomic E-state index is 0. The Labute approximate surface area is 266 Å². The molecular formula is C34H31BrClN3S2. The number of benzene rings is 2. The lowest BCUT2D eigenvalue weighted by Gasteiger charge is -2.00. The van der Waals surface area contributed by atoms with Gasteiger partial charge in [0.15, 0.2) is 37.9 Å². The Morgan fingerprint density at radius 2 is 0.951 bits per heavy atom. The van der Waals surface area contributed by atoms with Crippen LogP contribution in [0.2, 0.25) is 0 Å². The van der Waals surface area contributed by atoms with Gasteiger partial charge in [0, 0.05) is 66.0 Å². The van der Waals surface area contributed by atoms with Crippen LogP contribution in [0.5, 0.6) is 0 Å². The number of halogens is 2. The Morgan fingerprint density at radius 1 is 0.537 bits per heavy atom. The normalized spacial score (nSPS) is 10.1. The molecule has 0 amide bonds. The van der Waals surface area contributed by atoms with Gasteiger partial charge in [-0.25, -0.2) is 9.13 Å². The molecule has 0 bridgehead atoms. The average Bonchev–Trinajstić information content (AvgIpc) is 3.66. The first-order valence-corrected chi connectivity index (χ1v) is 14.3. The highest BCUT2D eigenvalue weighted by Gasteiger charge is 2.12. The highest BCUT2D eigenvalue weighted by atomic mass is 79.9. The van der Waals surface area contributed by atoms with Gasteiger partial charge < -0.3 is 35.5 Å². The van der Waals surface area contributed by atoms with E-state index >= 15 is 0 Å². The Balaban J connectivity index is 0.00000154. The molecule has 4 aromatic heterocycles. The van der Waals surface area contributed by atoms with Crippen LogP contribution in [0.15, 0.2) is 134 Å². The standard InChI is InChI=1S/C34H28N2S2.BrH.ClH.H3N/c1-2-26-8-10-28(11-9-26)25-36-22-18-30(19-23-36)32-13-15-34(38-32)33-14-12-31(37-33)29-16-20-35(21-17-29)24-27-6-4-3-5-7-27;;;/h2-23H,1,24-25H2;2*1H;1H3/q+2;;;/p-2. The summed E-state index contributed by atoms with van der Waals surface area (Å²) in [6.07, 6.45) is 10.5. The predicted octanol–water partition coefficient (Wildman–Crippen LogP) is 2.30. The fraction of sp³-hybridized carbons (Fsp3) is 0.0588. The molecule has 0 saturated carbocycles. The van der Waals surface area contributed by atoms with E-state index in [-0.39, 0.29) is 35.5 Å². The van der Waals surface area contributed by atoms with Crippen molar-refractivity contribution in [1.82, 2.24) is 6.15 Å². The molecule has 0 aliphatic rings. The van der Waals surface area contributed by atoms with Crippen LogP contribution < -0.4 is 44.7 Å². The van der Waals surface area contributed by atoms with Gasteiger partial charge in [-0.15, -0.1) is 22.7 Å². The second kappa shape index (κ2) is 15.0. The van der Waals surface area contributed by atoms with Crippen molar-refractivity contribution in [3.8, 4) is 30.6 Å². The molecule has 7 heteroatoms. The van der Waals surface area contributed by atoms with E-state index in [1.165, 1.54) is 41.8 Å². The lowest BCUT2D eigenvalue weighted by Crippen LogP contribution is -3.00. The summed E-state index contributed by atoms with van der Waals surface area (Å²) in [5.74, 6) is 0. The second-order valence-corrected chi connectivity index (χ2v) is 11.4. The van der Waals surface area contributed by atoms with Crippen LogP contribution in [0.3, 0.4) is 0 Å². The number of nitrogens with zero attached hydrogens (tertiary/aromatic N) is 2. The van der Waals surface area contributed by atoms with Crippen LogP contribution in [0, 0.1) is 0 Å². The Kier molecular flexibility index (Phi) is 11.8. The van der Waals surface area contributed by atoms with Crippen molar-refractivity contribution < 1.29 is 38.5 Å². The van der Waals surface area contributed by atoms with E-state index in [1.54, 1.807) is 0 Å². The van der Waals surface area contributed by atoms with E-state index in [9.17, 15) is 0 Å². The molecule has 3 nitrogen and oxygen atoms in total. The molecule has 2 aromatic carbocycles. The van der Waals surface area contributed by atoms with Crippen molar-refractivity contribution in [2.24, 2.45) is 0 Å². The summed E-state index contributed by atoms with van der Waals surface area (Å²) < 4.78 is 4.44. The first kappa shape index (κ1) is 32.1. The van der Waals surface area contributed by atoms with Gasteiger partial charge in [-0.2, -0.15) is 0 Å². The average molecular weight is 661 g/mol. The number of thiophene rings is 2. The lowest BCUT2D eigenvalue weighted by molar-refractivity contribution is -0.688. The summed E-state index contributed by atoms with van der Waals surface area (Å²) in [6, 6.07) is 36.9. The molecule has 208 valence electrons. The largest absolute Gasteiger partial charge is 1.00 e. The molecule has 0 spiro atoms. The quantitative estimate of drug-likeness (QED) is 0.251. The van der Waals surface area contributed by atoms with Crippen LogP contribution in [-0.2, 0) is 13.1 Å². The molecule has 41 heavy (non-hydrogen) atoms. The SMILES string of the molecule is C=Cc1ccc(C[n+]2ccc(-c3ccc(-c4ccc(-c5cc[n+](Cc6ccccc6)cc5)s4)s3)cc2)cc1.N.[Br-].[Cl-]. The number of hydrogen-bond donors (Lipinski definition) is 1. The van der Waals surface area contributed by atoms with Crippen LogP contribution in [0.1, 0.15) is 16.7 Å². The van der Waals surface area contributed by atoms with Crippen molar-refractivity contribution >= 4 is 28.7 Å². The minimum absolute atomic E-state index is 0. The van der Waals surface area contributed by atoms with Gasteiger partial charge >= 0.3 is 0 Å². The zero-order valence-electron chi connectivity index (χ0n) is 22.5. The van der Waals surface area contributed by atoms with Crippen molar-refractivity contribution in [1.29, 1.82) is 0 Å². The van der Waals surface area contributed by atoms with Gasteiger partial charge in [-0.3, -0.25) is 0 Å². The van der Waals surface area contributed by atoms with E-state index in [2.05, 4.69) is 144 Å². The molecule has 3 N–H and O–H groups in total. The summed E-state index contributed by atoms with van der Waals surface area (Å²) in [7, 11) is 0. The minimum Gasteiger partial charge on any atom is -1.00 e. The third kappa shape index (κ3) is 7.88. The van der Waals surface area contributed by atoms with Crippen molar-refractivity contribution in [2.75, 3.05) is 0 Å². The highest BCUT2D eigenvalue weighted by molar-refractivity contribution is 7.25. The summed E-state index contributed by atoms with van der Waals surface area (Å²) >= 11 is 3.71. The van der Waals surface area contributed by atoms with Gasteiger partial charge in [-0.05, 0) is 29.8 Å². The van der Waals surface area contributed by atoms with Crippen LogP contribution in [0.4, 0.5) is 0 Å². The van der Waals surface area contributed by atoms with E-state index in [1.807, 2.05) is 28.7 Å². The molecule has 0 atom stereocenters. The maximum Gasteiger partial charge on any atom is 0.173 e. The van der Waals surface area contributed by atoms with E-state index < -0.39 is 0 Å². The smallest absolute Gasteiger partial charge is 0.173 e. The van der Waals surface area contributed by atoms with Crippen LogP contribution in [0.25, 0.3) is 36.7 Å². The molecule has 4 heterocycles. The summed E-state index contributed by atoms with van der Waals surface area (Å²) in [5, 5.41) is 0. The van der Waals surface area contributed by atoms with Crippen molar-refractivity contribution in [3.05, 3.63) is 151 Å². The van der Waals surface area contributed by atoms with Gasteiger partial charge in [0.05, 0.1) is 0 Å². The van der Waals surface area contributed by atoms with Crippen molar-refractivity contribution in [2.45, 2.75) is 13.1 Å². The number of rotatable bonds is 8. The summed E-state index contributed by atoms with van der Waals surface area (Å²) in [4.78, 5) is 5.21. The first-order chi connectivity index (χ1) is 18.7. The zero-order valence-corrected chi connectivity index (χ0v) is 26.5.